The molecule has 2 fully saturated rings. The summed E-state index contributed by atoms with van der Waals surface area (Å²) in [5, 5.41) is 2.99. The summed E-state index contributed by atoms with van der Waals surface area (Å²) >= 11 is 1.63. The Bertz CT molecular complexity index is 730. The molecule has 1 aliphatic heterocycles. The summed E-state index contributed by atoms with van der Waals surface area (Å²) < 4.78 is 14.2. The molecule has 1 aliphatic carbocycles. The second-order valence-electron chi connectivity index (χ2n) is 6.51. The van der Waals surface area contributed by atoms with Gasteiger partial charge in [-0.05, 0) is 25.3 Å². The molecule has 24 heavy (non-hydrogen) atoms. The van der Waals surface area contributed by atoms with Gasteiger partial charge in [-0.25, -0.2) is 9.37 Å². The highest BCUT2D eigenvalue weighted by atomic mass is 32.1. The molecule has 2 heterocycles. The molecule has 4 nitrogen and oxygen atoms in total. The molecule has 1 saturated heterocycles. The summed E-state index contributed by atoms with van der Waals surface area (Å²) in [7, 11) is 0. The highest BCUT2D eigenvalue weighted by molar-refractivity contribution is 7.13. The van der Waals surface area contributed by atoms with Crippen LogP contribution in [0.1, 0.15) is 24.8 Å². The Hall–Kier alpha value is -1.95. The number of benzene rings is 1. The van der Waals surface area contributed by atoms with Gasteiger partial charge in [0.1, 0.15) is 5.82 Å². The van der Waals surface area contributed by atoms with E-state index in [2.05, 4.69) is 9.88 Å². The smallest absolute Gasteiger partial charge is 0.233 e. The predicted octanol–water partition coefficient (Wildman–Crippen LogP) is 3.05. The molecule has 0 spiro atoms. The van der Waals surface area contributed by atoms with Crippen LogP contribution in [0, 0.1) is 5.82 Å². The zero-order chi connectivity index (χ0) is 16.6. The Labute approximate surface area is 144 Å². The van der Waals surface area contributed by atoms with E-state index in [-0.39, 0.29) is 11.7 Å². The number of carbonyl (C=O) groups is 1. The molecular weight excluding hydrogens is 325 g/mol. The maximum Gasteiger partial charge on any atom is 0.233 e. The van der Waals surface area contributed by atoms with Crippen LogP contribution >= 0.6 is 11.3 Å². The minimum atomic E-state index is -0.623. The molecule has 1 amide bonds. The standard InChI is InChI=1S/C18H20FN3OS/c19-15-5-2-1-4-14(15)18(6-7-18)16(23)21-9-3-10-22(12-11-21)17-20-8-13-24-17/h1-2,4-5,8,13H,3,6-7,9-12H2. The van der Waals surface area contributed by atoms with Gasteiger partial charge in [0.05, 0.1) is 5.41 Å². The van der Waals surface area contributed by atoms with Crippen molar-refractivity contribution in [3.63, 3.8) is 0 Å². The number of halogens is 1. The van der Waals surface area contributed by atoms with E-state index in [0.717, 1.165) is 44.0 Å². The minimum absolute atomic E-state index is 0.0913. The van der Waals surface area contributed by atoms with Crippen molar-refractivity contribution in [2.45, 2.75) is 24.7 Å². The van der Waals surface area contributed by atoms with E-state index in [1.807, 2.05) is 22.5 Å². The topological polar surface area (TPSA) is 36.4 Å². The summed E-state index contributed by atoms with van der Waals surface area (Å²) in [6.07, 6.45) is 4.22. The van der Waals surface area contributed by atoms with Crippen LogP contribution in [-0.2, 0) is 10.2 Å². The van der Waals surface area contributed by atoms with Crippen molar-refractivity contribution >= 4 is 22.4 Å². The lowest BCUT2D eigenvalue weighted by atomic mass is 9.93. The Morgan fingerprint density at radius 2 is 2.00 bits per heavy atom. The number of hydrogen-bond acceptors (Lipinski definition) is 4. The number of carbonyl (C=O) groups excluding carboxylic acids is 1. The highest BCUT2D eigenvalue weighted by Crippen LogP contribution is 2.50. The average Bonchev–Trinajstić information content (AvgIpc) is 3.29. The molecule has 2 aromatic rings. The van der Waals surface area contributed by atoms with Crippen molar-refractivity contribution in [1.82, 2.24) is 9.88 Å². The van der Waals surface area contributed by atoms with Crippen LogP contribution < -0.4 is 4.90 Å². The molecule has 2 aliphatic rings. The normalized spacial score (nSPS) is 19.9. The second kappa shape index (κ2) is 6.16. The molecule has 0 bridgehead atoms. The second-order valence-corrected chi connectivity index (χ2v) is 7.38. The first kappa shape index (κ1) is 15.6. The molecule has 1 aromatic carbocycles. The number of rotatable bonds is 3. The third kappa shape index (κ3) is 2.69. The van der Waals surface area contributed by atoms with E-state index in [4.69, 9.17) is 0 Å². The molecule has 1 saturated carbocycles. The van der Waals surface area contributed by atoms with Crippen molar-refractivity contribution in [2.24, 2.45) is 0 Å². The van der Waals surface area contributed by atoms with E-state index >= 15 is 0 Å². The number of aromatic nitrogens is 1. The van der Waals surface area contributed by atoms with Gasteiger partial charge in [0.2, 0.25) is 5.91 Å². The summed E-state index contributed by atoms with van der Waals surface area (Å²) in [5.74, 6) is -0.170. The lowest BCUT2D eigenvalue weighted by Gasteiger charge is -2.26. The van der Waals surface area contributed by atoms with Crippen LogP contribution in [0.25, 0.3) is 0 Å². The summed E-state index contributed by atoms with van der Waals surface area (Å²) in [6, 6.07) is 6.71. The molecule has 4 rings (SSSR count). The van der Waals surface area contributed by atoms with E-state index in [0.29, 0.717) is 12.1 Å². The Balaban J connectivity index is 1.50. The van der Waals surface area contributed by atoms with Crippen molar-refractivity contribution in [3.05, 3.63) is 47.2 Å². The fraction of sp³-hybridized carbons (Fsp3) is 0.444. The Morgan fingerprint density at radius 3 is 2.71 bits per heavy atom. The summed E-state index contributed by atoms with van der Waals surface area (Å²) in [4.78, 5) is 21.6. The van der Waals surface area contributed by atoms with Crippen molar-refractivity contribution in [2.75, 3.05) is 31.1 Å². The molecule has 0 atom stereocenters. The van der Waals surface area contributed by atoms with Gasteiger partial charge in [-0.1, -0.05) is 18.2 Å². The first-order valence-corrected chi connectivity index (χ1v) is 9.27. The summed E-state index contributed by atoms with van der Waals surface area (Å²) in [6.45, 7) is 3.10. The molecule has 6 heteroatoms. The molecule has 0 unspecified atom stereocenters. The predicted molar refractivity (Wildman–Crippen MR) is 92.8 cm³/mol. The van der Waals surface area contributed by atoms with Crippen LogP contribution in [0.5, 0.6) is 0 Å². The lowest BCUT2D eigenvalue weighted by molar-refractivity contribution is -0.133. The van der Waals surface area contributed by atoms with Gasteiger partial charge < -0.3 is 9.80 Å². The number of amides is 1. The van der Waals surface area contributed by atoms with Gasteiger partial charge in [-0.15, -0.1) is 11.3 Å². The number of nitrogens with zero attached hydrogens (tertiary/aromatic N) is 3. The first-order valence-electron chi connectivity index (χ1n) is 8.39. The molecule has 0 radical (unpaired) electrons. The van der Waals surface area contributed by atoms with Crippen LogP contribution in [-0.4, -0.2) is 42.0 Å². The molecule has 126 valence electrons. The number of hydrogen-bond donors (Lipinski definition) is 0. The van der Waals surface area contributed by atoms with E-state index in [1.54, 1.807) is 23.5 Å². The van der Waals surface area contributed by atoms with Crippen LogP contribution in [0.4, 0.5) is 9.52 Å². The third-order valence-electron chi connectivity index (χ3n) is 5.02. The third-order valence-corrected chi connectivity index (χ3v) is 5.85. The van der Waals surface area contributed by atoms with Crippen LogP contribution in [0.15, 0.2) is 35.8 Å². The monoisotopic (exact) mass is 345 g/mol. The molecule has 0 N–H and O–H groups in total. The largest absolute Gasteiger partial charge is 0.346 e. The first-order chi connectivity index (χ1) is 11.7. The zero-order valence-corrected chi connectivity index (χ0v) is 14.3. The van der Waals surface area contributed by atoms with Crippen LogP contribution in [0.2, 0.25) is 0 Å². The van der Waals surface area contributed by atoms with Crippen molar-refractivity contribution < 1.29 is 9.18 Å². The van der Waals surface area contributed by atoms with Gasteiger partial charge in [0.15, 0.2) is 5.13 Å². The van der Waals surface area contributed by atoms with Gasteiger partial charge in [0.25, 0.3) is 0 Å². The Morgan fingerprint density at radius 1 is 1.17 bits per heavy atom. The lowest BCUT2D eigenvalue weighted by Crippen LogP contribution is -2.42. The highest BCUT2D eigenvalue weighted by Gasteiger charge is 2.54. The van der Waals surface area contributed by atoms with E-state index in [9.17, 15) is 9.18 Å². The maximum atomic E-state index is 14.2. The zero-order valence-electron chi connectivity index (χ0n) is 13.4. The van der Waals surface area contributed by atoms with E-state index < -0.39 is 5.41 Å². The van der Waals surface area contributed by atoms with Gasteiger partial charge in [-0.2, -0.15) is 0 Å². The van der Waals surface area contributed by atoms with Crippen molar-refractivity contribution in [1.29, 1.82) is 0 Å². The van der Waals surface area contributed by atoms with Gasteiger partial charge in [0, 0.05) is 43.3 Å². The fourth-order valence-corrected chi connectivity index (χ4v) is 4.26. The maximum absolute atomic E-state index is 14.2. The summed E-state index contributed by atoms with van der Waals surface area (Å²) in [5.41, 5.74) is -0.0576. The SMILES string of the molecule is O=C(N1CCCN(c2nccs2)CC1)C1(c2ccccc2F)CC1. The minimum Gasteiger partial charge on any atom is -0.346 e. The fourth-order valence-electron chi connectivity index (χ4n) is 3.56. The average molecular weight is 345 g/mol. The van der Waals surface area contributed by atoms with Crippen molar-refractivity contribution in [3.8, 4) is 0 Å². The number of anilines is 1. The van der Waals surface area contributed by atoms with Gasteiger partial charge in [-0.3, -0.25) is 4.79 Å². The van der Waals surface area contributed by atoms with E-state index in [1.165, 1.54) is 6.07 Å². The number of thiazole rings is 1. The molecule has 1 aromatic heterocycles. The Kier molecular flexibility index (Phi) is 4.00. The molecular formula is C18H20FN3OS. The van der Waals surface area contributed by atoms with Gasteiger partial charge >= 0.3 is 0 Å². The quantitative estimate of drug-likeness (QED) is 0.858. The van der Waals surface area contributed by atoms with Crippen LogP contribution in [0.3, 0.4) is 0 Å².